The van der Waals surface area contributed by atoms with Gasteiger partial charge in [-0.05, 0) is 0 Å². The summed E-state index contributed by atoms with van der Waals surface area (Å²) in [4.78, 5) is 23.5. The number of aliphatic carboxylic acids is 1. The van der Waals surface area contributed by atoms with Gasteiger partial charge >= 0.3 is 12.3 Å². The molecule has 9 heteroatoms. The van der Waals surface area contributed by atoms with Crippen molar-refractivity contribution in [3.05, 3.63) is 27.7 Å². The van der Waals surface area contributed by atoms with Crippen molar-refractivity contribution >= 4 is 5.97 Å². The summed E-state index contributed by atoms with van der Waals surface area (Å²) in [5.74, 6) is -2.43. The molecule has 0 fully saturated rings. The third-order valence-electron chi connectivity index (χ3n) is 1.96. The van der Waals surface area contributed by atoms with E-state index in [2.05, 4.69) is 4.74 Å². The van der Waals surface area contributed by atoms with Gasteiger partial charge in [0, 0.05) is 17.3 Å². The van der Waals surface area contributed by atoms with Crippen LogP contribution in [-0.2, 0) is 17.9 Å². The number of alkyl halides is 4. The van der Waals surface area contributed by atoms with E-state index in [9.17, 15) is 27.2 Å². The van der Waals surface area contributed by atoms with Crippen LogP contribution in [0.15, 0.2) is 11.0 Å². The van der Waals surface area contributed by atoms with Crippen LogP contribution in [-0.4, -0.2) is 22.4 Å². The first-order chi connectivity index (χ1) is 8.24. The van der Waals surface area contributed by atoms with Crippen LogP contribution in [0, 0.1) is 0 Å². The predicted molar refractivity (Wildman–Crippen MR) is 49.9 cm³/mol. The first-order valence-electron chi connectivity index (χ1n) is 4.51. The number of ether oxygens (including phenoxy) is 1. The summed E-state index contributed by atoms with van der Waals surface area (Å²) in [5.41, 5.74) is -2.30. The average molecular weight is 269 g/mol. The fourth-order valence-electron chi connectivity index (χ4n) is 1.29. The Morgan fingerprint density at radius 2 is 2.00 bits per heavy atom. The molecule has 100 valence electrons. The molecule has 0 unspecified atom stereocenters. The topological polar surface area (TPSA) is 79.4 Å². The first kappa shape index (κ1) is 14.0. The van der Waals surface area contributed by atoms with Crippen LogP contribution in [0.1, 0.15) is 11.1 Å². The van der Waals surface area contributed by atoms with Gasteiger partial charge in [-0.15, -0.1) is 13.2 Å². The number of pyridine rings is 1. The number of H-pyrrole nitrogens is 1. The van der Waals surface area contributed by atoms with E-state index in [4.69, 9.17) is 5.11 Å². The predicted octanol–water partition coefficient (Wildman–Crippen LogP) is 1.37. The highest BCUT2D eigenvalue weighted by atomic mass is 19.4. The van der Waals surface area contributed by atoms with E-state index in [0.717, 1.165) is 0 Å². The minimum atomic E-state index is -5.07. The van der Waals surface area contributed by atoms with Gasteiger partial charge < -0.3 is 14.8 Å². The number of carboxylic acid groups (broad SMARTS) is 1. The molecule has 18 heavy (non-hydrogen) atoms. The number of aromatic amines is 1. The van der Waals surface area contributed by atoms with E-state index in [-0.39, 0.29) is 0 Å². The van der Waals surface area contributed by atoms with Crippen molar-refractivity contribution < 1.29 is 32.2 Å². The Bertz CT molecular complexity index is 508. The number of hydrogen-bond donors (Lipinski definition) is 2. The first-order valence-corrected chi connectivity index (χ1v) is 4.51. The maximum Gasteiger partial charge on any atom is 0.573 e. The number of rotatable bonds is 4. The van der Waals surface area contributed by atoms with Gasteiger partial charge in [0.2, 0.25) is 0 Å². The molecule has 0 saturated heterocycles. The fraction of sp³-hybridized carbons (Fsp3) is 0.333. The lowest BCUT2D eigenvalue weighted by Gasteiger charge is -2.13. The van der Waals surface area contributed by atoms with E-state index in [1.54, 1.807) is 0 Å². The summed E-state index contributed by atoms with van der Waals surface area (Å²) in [5, 5.41) is 8.50. The molecule has 1 rings (SSSR count). The number of hydrogen-bond acceptors (Lipinski definition) is 3. The van der Waals surface area contributed by atoms with Gasteiger partial charge in [0.05, 0.1) is 6.42 Å². The smallest absolute Gasteiger partial charge is 0.481 e. The van der Waals surface area contributed by atoms with Crippen LogP contribution in [0.5, 0.6) is 5.75 Å². The third kappa shape index (κ3) is 3.47. The lowest BCUT2D eigenvalue weighted by molar-refractivity contribution is -0.275. The van der Waals surface area contributed by atoms with Gasteiger partial charge in [0.25, 0.3) is 5.56 Å². The molecule has 0 aromatic carbocycles. The maximum atomic E-state index is 12.7. The van der Waals surface area contributed by atoms with Crippen molar-refractivity contribution in [3.63, 3.8) is 0 Å². The Morgan fingerprint density at radius 1 is 1.39 bits per heavy atom. The van der Waals surface area contributed by atoms with Crippen molar-refractivity contribution in [2.24, 2.45) is 0 Å². The normalized spacial score (nSPS) is 11.3. The monoisotopic (exact) mass is 269 g/mol. The molecule has 1 heterocycles. The molecule has 0 aliphatic carbocycles. The molecule has 5 nitrogen and oxygen atoms in total. The third-order valence-corrected chi connectivity index (χ3v) is 1.96. The van der Waals surface area contributed by atoms with Gasteiger partial charge in [-0.2, -0.15) is 0 Å². The summed E-state index contributed by atoms with van der Waals surface area (Å²) >= 11 is 0. The van der Waals surface area contributed by atoms with Crippen LogP contribution in [0.2, 0.25) is 0 Å². The molecule has 0 aliphatic rings. The minimum absolute atomic E-state index is 0.538. The van der Waals surface area contributed by atoms with Crippen molar-refractivity contribution in [1.82, 2.24) is 4.98 Å². The van der Waals surface area contributed by atoms with Crippen LogP contribution in [0.3, 0.4) is 0 Å². The molecular weight excluding hydrogens is 262 g/mol. The standard InChI is InChI=1S/C9H7F4NO4/c10-2-5-4(1-7(15)16)8(17)14-3-6(5)18-9(11,12)13/h3H,1-2H2,(H,14,17)(H,15,16). The van der Waals surface area contributed by atoms with E-state index >= 15 is 0 Å². The lowest BCUT2D eigenvalue weighted by Crippen LogP contribution is -2.23. The number of halogens is 4. The Morgan fingerprint density at radius 3 is 2.44 bits per heavy atom. The highest BCUT2D eigenvalue weighted by Gasteiger charge is 2.33. The molecule has 0 radical (unpaired) electrons. The summed E-state index contributed by atoms with van der Waals surface area (Å²) in [6.45, 7) is -1.45. The minimum Gasteiger partial charge on any atom is -0.481 e. The number of carbonyl (C=O) groups is 1. The second-order valence-electron chi connectivity index (χ2n) is 3.19. The lowest BCUT2D eigenvalue weighted by atomic mass is 10.1. The van der Waals surface area contributed by atoms with Crippen molar-refractivity contribution in [3.8, 4) is 5.75 Å². The fourth-order valence-corrected chi connectivity index (χ4v) is 1.29. The molecule has 0 spiro atoms. The number of aromatic nitrogens is 1. The summed E-state index contributed by atoms with van der Waals surface area (Å²) in [7, 11) is 0. The summed E-state index contributed by atoms with van der Waals surface area (Å²) in [6.07, 6.45) is -5.43. The van der Waals surface area contributed by atoms with Crippen molar-refractivity contribution in [1.29, 1.82) is 0 Å². The van der Waals surface area contributed by atoms with E-state index < -0.39 is 47.9 Å². The van der Waals surface area contributed by atoms with E-state index in [0.29, 0.717) is 6.20 Å². The molecule has 0 amide bonds. The molecule has 1 aromatic rings. The molecule has 2 N–H and O–H groups in total. The Hall–Kier alpha value is -2.06. The number of carboxylic acids is 1. The summed E-state index contributed by atoms with van der Waals surface area (Å²) in [6, 6.07) is 0. The van der Waals surface area contributed by atoms with Crippen LogP contribution in [0.25, 0.3) is 0 Å². The van der Waals surface area contributed by atoms with Crippen molar-refractivity contribution in [2.45, 2.75) is 19.5 Å². The molecule has 0 aliphatic heterocycles. The van der Waals surface area contributed by atoms with Gasteiger partial charge in [0.1, 0.15) is 6.67 Å². The second-order valence-corrected chi connectivity index (χ2v) is 3.19. The van der Waals surface area contributed by atoms with Crippen molar-refractivity contribution in [2.75, 3.05) is 0 Å². The highest BCUT2D eigenvalue weighted by molar-refractivity contribution is 5.71. The molecule has 0 saturated carbocycles. The molecule has 0 bridgehead atoms. The van der Waals surface area contributed by atoms with Crippen LogP contribution < -0.4 is 10.3 Å². The average Bonchev–Trinajstić information content (AvgIpc) is 2.20. The molecular formula is C9H7F4NO4. The van der Waals surface area contributed by atoms with Crippen LogP contribution >= 0.6 is 0 Å². The quantitative estimate of drug-likeness (QED) is 0.809. The SMILES string of the molecule is O=C(O)Cc1c(CF)c(OC(F)(F)F)c[nH]c1=O. The molecule has 1 aromatic heterocycles. The largest absolute Gasteiger partial charge is 0.573 e. The van der Waals surface area contributed by atoms with Crippen LogP contribution in [0.4, 0.5) is 17.6 Å². The Kier molecular flexibility index (Phi) is 3.94. The van der Waals surface area contributed by atoms with Gasteiger partial charge in [-0.1, -0.05) is 0 Å². The highest BCUT2D eigenvalue weighted by Crippen LogP contribution is 2.27. The zero-order valence-corrected chi connectivity index (χ0v) is 8.68. The Labute approximate surface area is 97.0 Å². The number of nitrogens with one attached hydrogen (secondary N) is 1. The zero-order chi connectivity index (χ0) is 13.9. The van der Waals surface area contributed by atoms with E-state index in [1.807, 2.05) is 4.98 Å². The maximum absolute atomic E-state index is 12.7. The zero-order valence-electron chi connectivity index (χ0n) is 8.68. The summed E-state index contributed by atoms with van der Waals surface area (Å²) < 4.78 is 52.2. The van der Waals surface area contributed by atoms with E-state index in [1.165, 1.54) is 0 Å². The van der Waals surface area contributed by atoms with Gasteiger partial charge in [0.15, 0.2) is 5.75 Å². The Balaban J connectivity index is 3.29. The van der Waals surface area contributed by atoms with Gasteiger partial charge in [-0.3, -0.25) is 9.59 Å². The molecule has 0 atom stereocenters. The van der Waals surface area contributed by atoms with Gasteiger partial charge in [-0.25, -0.2) is 4.39 Å². The second kappa shape index (κ2) is 5.07.